The number of ether oxygens (including phenoxy) is 1. The predicted molar refractivity (Wildman–Crippen MR) is 138 cm³/mol. The highest BCUT2D eigenvalue weighted by atomic mass is 19.1. The smallest absolute Gasteiger partial charge is 0.305 e. The SMILES string of the molecule is CCCC(=O)OC[C@@H](O)CN(Cc1ccccc1F)Cc1c(-c2ccccc2)noc1N(CC)CC. The van der Waals surface area contributed by atoms with Crippen molar-refractivity contribution >= 4 is 11.9 Å². The number of aliphatic hydroxyl groups is 1. The van der Waals surface area contributed by atoms with Crippen LogP contribution in [-0.4, -0.2) is 53.5 Å². The van der Waals surface area contributed by atoms with Gasteiger partial charge in [-0.2, -0.15) is 0 Å². The molecule has 0 aliphatic carbocycles. The molecule has 3 rings (SSSR count). The monoisotopic (exact) mass is 497 g/mol. The molecule has 1 aromatic heterocycles. The summed E-state index contributed by atoms with van der Waals surface area (Å²) >= 11 is 0. The Hall–Kier alpha value is -3.23. The molecule has 0 spiro atoms. The summed E-state index contributed by atoms with van der Waals surface area (Å²) in [4.78, 5) is 15.8. The number of esters is 1. The summed E-state index contributed by atoms with van der Waals surface area (Å²) in [5.41, 5.74) is 2.99. The van der Waals surface area contributed by atoms with Crippen LogP contribution >= 0.6 is 0 Å². The third-order valence-electron chi connectivity index (χ3n) is 5.96. The lowest BCUT2D eigenvalue weighted by Crippen LogP contribution is -2.35. The van der Waals surface area contributed by atoms with Gasteiger partial charge >= 0.3 is 5.97 Å². The molecule has 0 saturated heterocycles. The van der Waals surface area contributed by atoms with Gasteiger partial charge in [-0.15, -0.1) is 0 Å². The average molecular weight is 498 g/mol. The Bertz CT molecular complexity index is 1090. The Balaban J connectivity index is 1.92. The number of carbonyl (C=O) groups is 1. The molecule has 0 radical (unpaired) electrons. The van der Waals surface area contributed by atoms with Crippen LogP contribution in [0.25, 0.3) is 11.3 Å². The van der Waals surface area contributed by atoms with Crippen LogP contribution in [0.2, 0.25) is 0 Å². The molecule has 1 heterocycles. The average Bonchev–Trinajstić information content (AvgIpc) is 3.29. The maximum Gasteiger partial charge on any atom is 0.305 e. The number of aliphatic hydroxyl groups excluding tert-OH is 1. The van der Waals surface area contributed by atoms with E-state index in [1.807, 2.05) is 56.0 Å². The van der Waals surface area contributed by atoms with Crippen molar-refractivity contribution in [3.05, 3.63) is 71.5 Å². The number of nitrogens with zero attached hydrogens (tertiary/aromatic N) is 3. The van der Waals surface area contributed by atoms with Gasteiger partial charge in [-0.05, 0) is 26.3 Å². The summed E-state index contributed by atoms with van der Waals surface area (Å²) in [6.07, 6.45) is 0.0487. The number of halogens is 1. The molecule has 0 unspecified atom stereocenters. The summed E-state index contributed by atoms with van der Waals surface area (Å²) in [6.45, 7) is 8.11. The van der Waals surface area contributed by atoms with Crippen LogP contribution in [0.3, 0.4) is 0 Å². The molecule has 3 aromatic rings. The minimum Gasteiger partial charge on any atom is -0.463 e. The number of carbonyl (C=O) groups excluding carboxylic acids is 1. The van der Waals surface area contributed by atoms with Gasteiger partial charge in [-0.3, -0.25) is 9.69 Å². The van der Waals surface area contributed by atoms with Gasteiger partial charge in [0, 0.05) is 50.3 Å². The number of hydrogen-bond donors (Lipinski definition) is 1. The zero-order valence-electron chi connectivity index (χ0n) is 21.3. The van der Waals surface area contributed by atoms with Crippen LogP contribution in [0, 0.1) is 5.82 Å². The Labute approximate surface area is 212 Å². The molecule has 0 saturated carbocycles. The van der Waals surface area contributed by atoms with Gasteiger partial charge in [0.25, 0.3) is 0 Å². The molecule has 194 valence electrons. The van der Waals surface area contributed by atoms with E-state index >= 15 is 0 Å². The molecule has 1 atom stereocenters. The van der Waals surface area contributed by atoms with E-state index in [0.29, 0.717) is 36.5 Å². The van der Waals surface area contributed by atoms with E-state index in [1.54, 1.807) is 18.2 Å². The highest BCUT2D eigenvalue weighted by Gasteiger charge is 2.25. The zero-order valence-corrected chi connectivity index (χ0v) is 21.3. The zero-order chi connectivity index (χ0) is 25.9. The van der Waals surface area contributed by atoms with Crippen LogP contribution in [0.1, 0.15) is 44.7 Å². The lowest BCUT2D eigenvalue weighted by atomic mass is 10.1. The molecule has 2 aromatic carbocycles. The Morgan fingerprint density at radius 3 is 2.42 bits per heavy atom. The van der Waals surface area contributed by atoms with Gasteiger partial charge in [-0.1, -0.05) is 60.6 Å². The van der Waals surface area contributed by atoms with Crippen molar-refractivity contribution in [2.75, 3.05) is 31.1 Å². The second-order valence-corrected chi connectivity index (χ2v) is 8.70. The molecule has 0 aliphatic heterocycles. The molecular formula is C28H36FN3O4. The molecule has 7 nitrogen and oxygen atoms in total. The number of anilines is 1. The van der Waals surface area contributed by atoms with Crippen LogP contribution in [-0.2, 0) is 22.6 Å². The van der Waals surface area contributed by atoms with Crippen molar-refractivity contribution in [3.8, 4) is 11.3 Å². The number of rotatable bonds is 14. The standard InChI is InChI=1S/C28H36FN3O4/c1-4-12-26(34)35-20-23(33)18-31(17-22-15-10-11-16-25(22)29)19-24-27(21-13-8-7-9-14-21)30-36-28(24)32(5-2)6-3/h7-11,13-16,23,33H,4-6,12,17-20H2,1-3H3/t23-/m0/s1. The van der Waals surface area contributed by atoms with Crippen molar-refractivity contribution in [2.45, 2.75) is 52.8 Å². The van der Waals surface area contributed by atoms with Gasteiger partial charge in [0.15, 0.2) is 0 Å². The van der Waals surface area contributed by atoms with Crippen LogP contribution in [0.5, 0.6) is 0 Å². The Morgan fingerprint density at radius 1 is 1.06 bits per heavy atom. The van der Waals surface area contributed by atoms with E-state index in [4.69, 9.17) is 9.26 Å². The molecule has 36 heavy (non-hydrogen) atoms. The van der Waals surface area contributed by atoms with Crippen molar-refractivity contribution in [3.63, 3.8) is 0 Å². The second-order valence-electron chi connectivity index (χ2n) is 8.70. The Kier molecular flexibility index (Phi) is 10.5. The molecular weight excluding hydrogens is 461 g/mol. The highest BCUT2D eigenvalue weighted by Crippen LogP contribution is 2.33. The molecule has 0 bridgehead atoms. The normalized spacial score (nSPS) is 12.1. The molecule has 0 fully saturated rings. The number of benzene rings is 2. The summed E-state index contributed by atoms with van der Waals surface area (Å²) in [6, 6.07) is 16.3. The van der Waals surface area contributed by atoms with Crippen LogP contribution in [0.15, 0.2) is 59.1 Å². The van der Waals surface area contributed by atoms with Crippen molar-refractivity contribution in [1.82, 2.24) is 10.1 Å². The first-order valence-electron chi connectivity index (χ1n) is 12.5. The van der Waals surface area contributed by atoms with Gasteiger partial charge in [0.1, 0.15) is 24.2 Å². The van der Waals surface area contributed by atoms with Crippen molar-refractivity contribution in [2.24, 2.45) is 0 Å². The maximum atomic E-state index is 14.6. The first-order chi connectivity index (χ1) is 17.5. The molecule has 0 aliphatic rings. The maximum absolute atomic E-state index is 14.6. The summed E-state index contributed by atoms with van der Waals surface area (Å²) < 4.78 is 25.6. The first-order valence-corrected chi connectivity index (χ1v) is 12.5. The molecule has 1 N–H and O–H groups in total. The third kappa shape index (κ3) is 7.38. The highest BCUT2D eigenvalue weighted by molar-refractivity contribution is 5.69. The van der Waals surface area contributed by atoms with Gasteiger partial charge in [0.05, 0.1) is 5.56 Å². The predicted octanol–water partition coefficient (Wildman–Crippen LogP) is 5.03. The fourth-order valence-corrected chi connectivity index (χ4v) is 4.12. The summed E-state index contributed by atoms with van der Waals surface area (Å²) in [7, 11) is 0. The van der Waals surface area contributed by atoms with Crippen LogP contribution in [0.4, 0.5) is 10.3 Å². The Morgan fingerprint density at radius 2 is 1.75 bits per heavy atom. The number of hydrogen-bond acceptors (Lipinski definition) is 7. The molecule has 0 amide bonds. The third-order valence-corrected chi connectivity index (χ3v) is 5.96. The van der Waals surface area contributed by atoms with Crippen molar-refractivity contribution in [1.29, 1.82) is 0 Å². The fourth-order valence-electron chi connectivity index (χ4n) is 4.12. The van der Waals surface area contributed by atoms with Gasteiger partial charge < -0.3 is 19.3 Å². The van der Waals surface area contributed by atoms with E-state index in [0.717, 1.165) is 24.2 Å². The van der Waals surface area contributed by atoms with E-state index in [2.05, 4.69) is 10.1 Å². The summed E-state index contributed by atoms with van der Waals surface area (Å²) in [5.74, 6) is -0.00315. The van der Waals surface area contributed by atoms with E-state index < -0.39 is 6.10 Å². The number of aromatic nitrogens is 1. The lowest BCUT2D eigenvalue weighted by molar-refractivity contribution is -0.147. The quantitative estimate of drug-likeness (QED) is 0.313. The van der Waals surface area contributed by atoms with E-state index in [9.17, 15) is 14.3 Å². The van der Waals surface area contributed by atoms with E-state index in [1.165, 1.54) is 6.07 Å². The minimum absolute atomic E-state index is 0.120. The largest absolute Gasteiger partial charge is 0.463 e. The first kappa shape index (κ1) is 27.4. The molecule has 8 heteroatoms. The van der Waals surface area contributed by atoms with Gasteiger partial charge in [0.2, 0.25) is 5.88 Å². The fraction of sp³-hybridized carbons (Fsp3) is 0.429. The van der Waals surface area contributed by atoms with E-state index in [-0.39, 0.29) is 31.5 Å². The topological polar surface area (TPSA) is 79.0 Å². The summed E-state index contributed by atoms with van der Waals surface area (Å²) in [5, 5.41) is 15.1. The van der Waals surface area contributed by atoms with Gasteiger partial charge in [-0.25, -0.2) is 4.39 Å². The lowest BCUT2D eigenvalue weighted by Gasteiger charge is -2.27. The van der Waals surface area contributed by atoms with Crippen LogP contribution < -0.4 is 4.90 Å². The van der Waals surface area contributed by atoms with Crippen molar-refractivity contribution < 1.29 is 23.6 Å². The second kappa shape index (κ2) is 13.8. The minimum atomic E-state index is -0.936.